The summed E-state index contributed by atoms with van der Waals surface area (Å²) in [7, 11) is 2.91. The minimum absolute atomic E-state index is 0.0415. The summed E-state index contributed by atoms with van der Waals surface area (Å²) < 4.78 is 68.4. The summed E-state index contributed by atoms with van der Waals surface area (Å²) in [5.74, 6) is -10.7. The van der Waals surface area contributed by atoms with E-state index in [9.17, 15) is 22.0 Å². The molecule has 0 bridgehead atoms. The monoisotopic (exact) mass is 412 g/mol. The van der Waals surface area contributed by atoms with Crippen LogP contribution in [0.4, 0.5) is 22.0 Å². The molecule has 1 aromatic rings. The molecular weight excluding hydrogens is 399 g/mol. The number of hydrogen-bond donors (Lipinski definition) is 4. The predicted molar refractivity (Wildman–Crippen MR) is 95.5 cm³/mol. The Morgan fingerprint density at radius 2 is 1.12 bits per heavy atom. The van der Waals surface area contributed by atoms with Gasteiger partial charge in [0.1, 0.15) is 5.71 Å². The topological polar surface area (TPSA) is 72.8 Å². The Morgan fingerprint density at radius 1 is 0.731 bits per heavy atom. The van der Waals surface area contributed by atoms with Gasteiger partial charge in [-0.1, -0.05) is 0 Å². The number of benzene rings is 1. The molecule has 142 valence electrons. The van der Waals surface area contributed by atoms with Crippen LogP contribution in [-0.2, 0) is 0 Å². The maximum absolute atomic E-state index is 14.1. The first-order chi connectivity index (χ1) is 12.1. The van der Waals surface area contributed by atoms with Gasteiger partial charge in [0.15, 0.2) is 33.5 Å². The van der Waals surface area contributed by atoms with Crippen LogP contribution in [0.1, 0.15) is 12.5 Å². The molecular formula is C13H13F5N6S2. The molecule has 0 aliphatic carbocycles. The van der Waals surface area contributed by atoms with Crippen LogP contribution in [0.25, 0.3) is 0 Å². The Kier molecular flexibility index (Phi) is 7.76. The lowest BCUT2D eigenvalue weighted by atomic mass is 10.0. The minimum Gasteiger partial charge on any atom is -0.364 e. The molecule has 26 heavy (non-hydrogen) atoms. The first-order valence-electron chi connectivity index (χ1n) is 6.75. The van der Waals surface area contributed by atoms with Gasteiger partial charge in [-0.2, -0.15) is 10.2 Å². The van der Waals surface area contributed by atoms with Gasteiger partial charge < -0.3 is 10.6 Å². The molecule has 0 aliphatic rings. The molecule has 0 aliphatic heterocycles. The normalized spacial score (nSPS) is 11.8. The first-order valence-corrected chi connectivity index (χ1v) is 7.56. The lowest BCUT2D eigenvalue weighted by molar-refractivity contribution is 0.377. The molecule has 0 aromatic heterocycles. The SMILES string of the molecule is CNC(=S)NN=C(C)C(=NNC(=S)NC)c1c(F)c(F)c(F)c(F)c1F. The van der Waals surface area contributed by atoms with Gasteiger partial charge in [-0.25, -0.2) is 22.0 Å². The van der Waals surface area contributed by atoms with Crippen LogP contribution in [0.15, 0.2) is 10.2 Å². The van der Waals surface area contributed by atoms with Crippen LogP contribution in [0.5, 0.6) is 0 Å². The molecule has 0 unspecified atom stereocenters. The summed E-state index contributed by atoms with van der Waals surface area (Å²) in [5.41, 5.74) is 2.32. The van der Waals surface area contributed by atoms with Crippen LogP contribution in [0.2, 0.25) is 0 Å². The second kappa shape index (κ2) is 9.33. The van der Waals surface area contributed by atoms with E-state index in [2.05, 4.69) is 31.7 Å². The van der Waals surface area contributed by atoms with E-state index in [4.69, 9.17) is 24.4 Å². The van der Waals surface area contributed by atoms with E-state index in [0.717, 1.165) is 0 Å². The maximum atomic E-state index is 14.1. The van der Waals surface area contributed by atoms with Gasteiger partial charge in [0, 0.05) is 14.1 Å². The number of nitrogens with zero attached hydrogens (tertiary/aromatic N) is 2. The number of nitrogens with one attached hydrogen (secondary N) is 4. The van der Waals surface area contributed by atoms with Gasteiger partial charge in [-0.3, -0.25) is 10.9 Å². The van der Waals surface area contributed by atoms with E-state index >= 15 is 0 Å². The fraction of sp³-hybridized carbons (Fsp3) is 0.231. The highest BCUT2D eigenvalue weighted by Gasteiger charge is 2.29. The highest BCUT2D eigenvalue weighted by molar-refractivity contribution is 7.80. The maximum Gasteiger partial charge on any atom is 0.200 e. The fourth-order valence-electron chi connectivity index (χ4n) is 1.54. The second-order valence-corrected chi connectivity index (χ2v) is 5.30. The Morgan fingerprint density at radius 3 is 1.54 bits per heavy atom. The second-order valence-electron chi connectivity index (χ2n) is 4.48. The van der Waals surface area contributed by atoms with Crippen LogP contribution >= 0.6 is 24.4 Å². The third-order valence-corrected chi connectivity index (χ3v) is 3.43. The molecule has 0 spiro atoms. The fourth-order valence-corrected chi connectivity index (χ4v) is 1.63. The van der Waals surface area contributed by atoms with Crippen molar-refractivity contribution in [3.63, 3.8) is 0 Å². The summed E-state index contributed by atoms with van der Waals surface area (Å²) in [6.45, 7) is 1.21. The zero-order chi connectivity index (χ0) is 20.0. The van der Waals surface area contributed by atoms with E-state index in [1.807, 2.05) is 0 Å². The molecule has 4 N–H and O–H groups in total. The first kappa shape index (κ1) is 21.6. The molecule has 0 radical (unpaired) electrons. The Bertz CT molecular complexity index is 767. The number of hydrogen-bond acceptors (Lipinski definition) is 4. The Hall–Kier alpha value is -2.41. The van der Waals surface area contributed by atoms with Gasteiger partial charge in [0.2, 0.25) is 5.82 Å². The standard InChI is InChI=1S/C13H13F5N6S2/c1-4(21-23-12(25)19-2)11(22-24-13(26)20-3)5-6(14)8(16)10(18)9(17)7(5)15/h1-3H3,(H2,19,23,25)(H2,20,24,26). The van der Waals surface area contributed by atoms with Crippen molar-refractivity contribution in [2.45, 2.75) is 6.92 Å². The van der Waals surface area contributed by atoms with Gasteiger partial charge in [-0.15, -0.1) is 0 Å². The quantitative estimate of drug-likeness (QED) is 0.151. The lowest BCUT2D eigenvalue weighted by Gasteiger charge is -2.12. The summed E-state index contributed by atoms with van der Waals surface area (Å²) in [6.07, 6.45) is 0. The summed E-state index contributed by atoms with van der Waals surface area (Å²) in [6, 6.07) is 0. The number of thiocarbonyl (C=S) groups is 2. The predicted octanol–water partition coefficient (Wildman–Crippen LogP) is 1.65. The molecule has 1 aromatic carbocycles. The van der Waals surface area contributed by atoms with Crippen molar-refractivity contribution in [1.82, 2.24) is 21.5 Å². The van der Waals surface area contributed by atoms with Crippen molar-refractivity contribution in [3.05, 3.63) is 34.6 Å². The average molecular weight is 412 g/mol. The van der Waals surface area contributed by atoms with E-state index < -0.39 is 40.4 Å². The van der Waals surface area contributed by atoms with Crippen LogP contribution < -0.4 is 21.5 Å². The van der Waals surface area contributed by atoms with Crippen LogP contribution in [-0.4, -0.2) is 35.7 Å². The molecule has 0 atom stereocenters. The van der Waals surface area contributed by atoms with Gasteiger partial charge in [-0.05, 0) is 31.4 Å². The smallest absolute Gasteiger partial charge is 0.200 e. The number of rotatable bonds is 4. The van der Waals surface area contributed by atoms with Crippen molar-refractivity contribution in [2.75, 3.05) is 14.1 Å². The molecule has 1 rings (SSSR count). The molecule has 13 heteroatoms. The third-order valence-electron chi connectivity index (χ3n) is 2.84. The zero-order valence-corrected chi connectivity index (χ0v) is 15.2. The molecule has 0 saturated carbocycles. The molecule has 0 amide bonds. The summed E-state index contributed by atoms with van der Waals surface area (Å²) >= 11 is 9.54. The molecule has 0 saturated heterocycles. The highest BCUT2D eigenvalue weighted by atomic mass is 32.1. The van der Waals surface area contributed by atoms with E-state index in [0.29, 0.717) is 0 Å². The highest BCUT2D eigenvalue weighted by Crippen LogP contribution is 2.24. The lowest BCUT2D eigenvalue weighted by Crippen LogP contribution is -2.33. The zero-order valence-electron chi connectivity index (χ0n) is 13.6. The molecule has 0 fully saturated rings. The van der Waals surface area contributed by atoms with E-state index in [-0.39, 0.29) is 15.9 Å². The van der Waals surface area contributed by atoms with Gasteiger partial charge in [0.05, 0.1) is 11.3 Å². The van der Waals surface area contributed by atoms with Crippen molar-refractivity contribution >= 4 is 46.1 Å². The third kappa shape index (κ3) is 4.82. The van der Waals surface area contributed by atoms with E-state index in [1.165, 1.54) is 21.0 Å². The Labute approximate surface area is 155 Å². The summed E-state index contributed by atoms with van der Waals surface area (Å²) in [5, 5.41) is 12.2. The number of hydrazone groups is 2. The van der Waals surface area contributed by atoms with Crippen LogP contribution in [0, 0.1) is 29.1 Å². The molecule has 6 nitrogen and oxygen atoms in total. The van der Waals surface area contributed by atoms with Crippen molar-refractivity contribution in [2.24, 2.45) is 10.2 Å². The van der Waals surface area contributed by atoms with Gasteiger partial charge in [0.25, 0.3) is 0 Å². The average Bonchev–Trinajstić information content (AvgIpc) is 2.64. The van der Waals surface area contributed by atoms with Crippen molar-refractivity contribution in [1.29, 1.82) is 0 Å². The minimum atomic E-state index is -2.29. The van der Waals surface area contributed by atoms with Crippen molar-refractivity contribution < 1.29 is 22.0 Å². The van der Waals surface area contributed by atoms with Gasteiger partial charge >= 0.3 is 0 Å². The molecule has 0 heterocycles. The summed E-state index contributed by atoms with van der Waals surface area (Å²) in [4.78, 5) is 0. The van der Waals surface area contributed by atoms with E-state index in [1.54, 1.807) is 0 Å². The van der Waals surface area contributed by atoms with Crippen molar-refractivity contribution in [3.8, 4) is 0 Å². The van der Waals surface area contributed by atoms with Crippen LogP contribution in [0.3, 0.4) is 0 Å². The largest absolute Gasteiger partial charge is 0.364 e. The number of halogens is 5. The Balaban J connectivity index is 3.57.